The van der Waals surface area contributed by atoms with Gasteiger partial charge >= 0.3 is 0 Å². The van der Waals surface area contributed by atoms with Crippen LogP contribution in [-0.2, 0) is 6.42 Å². The summed E-state index contributed by atoms with van der Waals surface area (Å²) in [6, 6.07) is 13.4. The second-order valence-corrected chi connectivity index (χ2v) is 5.97. The summed E-state index contributed by atoms with van der Waals surface area (Å²) in [6.07, 6.45) is 1.94. The molecule has 0 aromatic heterocycles. The Balaban J connectivity index is 1.96. The van der Waals surface area contributed by atoms with E-state index in [0.717, 1.165) is 24.2 Å². The molecule has 0 saturated carbocycles. The molecule has 2 rings (SSSR count). The highest BCUT2D eigenvalue weighted by molar-refractivity contribution is 9.09. The van der Waals surface area contributed by atoms with Gasteiger partial charge in [-0.3, -0.25) is 0 Å². The van der Waals surface area contributed by atoms with E-state index in [0.29, 0.717) is 5.56 Å². The summed E-state index contributed by atoms with van der Waals surface area (Å²) in [4.78, 5) is 0.240. The molecule has 0 aliphatic carbocycles. The standard InChI is InChI=1S/C17H18BrFO/c1-12-11-14(6-10-17(12)19)16(18)9-5-13-3-7-15(20-2)8-4-13/h3-4,6-8,10-11,16H,5,9H2,1-2H3. The first-order chi connectivity index (χ1) is 9.60. The van der Waals surface area contributed by atoms with Gasteiger partial charge in [0.2, 0.25) is 0 Å². The fourth-order valence-corrected chi connectivity index (χ4v) is 2.63. The van der Waals surface area contributed by atoms with E-state index in [9.17, 15) is 4.39 Å². The minimum absolute atomic E-state index is 0.149. The molecule has 0 aliphatic heterocycles. The van der Waals surface area contributed by atoms with Gasteiger partial charge in [-0.1, -0.05) is 40.2 Å². The van der Waals surface area contributed by atoms with Crippen LogP contribution in [-0.4, -0.2) is 7.11 Å². The fraction of sp³-hybridized carbons (Fsp3) is 0.294. The molecule has 0 N–H and O–H groups in total. The summed E-state index contributed by atoms with van der Waals surface area (Å²) >= 11 is 3.68. The van der Waals surface area contributed by atoms with Crippen molar-refractivity contribution in [1.82, 2.24) is 0 Å². The van der Waals surface area contributed by atoms with Crippen LogP contribution in [0.15, 0.2) is 42.5 Å². The lowest BCUT2D eigenvalue weighted by Crippen LogP contribution is -1.95. The minimum atomic E-state index is -0.149. The minimum Gasteiger partial charge on any atom is -0.497 e. The number of hydrogen-bond donors (Lipinski definition) is 0. The molecule has 1 unspecified atom stereocenters. The van der Waals surface area contributed by atoms with Gasteiger partial charge in [0.05, 0.1) is 7.11 Å². The zero-order chi connectivity index (χ0) is 14.5. The normalized spacial score (nSPS) is 12.2. The first kappa shape index (κ1) is 15.0. The van der Waals surface area contributed by atoms with Gasteiger partial charge in [-0.2, -0.15) is 0 Å². The predicted octanol–water partition coefficient (Wildman–Crippen LogP) is 5.21. The Morgan fingerprint density at radius 2 is 1.85 bits per heavy atom. The van der Waals surface area contributed by atoms with Crippen molar-refractivity contribution in [3.05, 3.63) is 65.0 Å². The second kappa shape index (κ2) is 6.89. The maximum Gasteiger partial charge on any atom is 0.126 e. The molecular weight excluding hydrogens is 319 g/mol. The van der Waals surface area contributed by atoms with Crippen molar-refractivity contribution < 1.29 is 9.13 Å². The van der Waals surface area contributed by atoms with Gasteiger partial charge in [-0.25, -0.2) is 4.39 Å². The Morgan fingerprint density at radius 1 is 1.15 bits per heavy atom. The third-order valence-corrected chi connectivity index (χ3v) is 4.38. The highest BCUT2D eigenvalue weighted by atomic mass is 79.9. The molecule has 0 aliphatic rings. The summed E-state index contributed by atoms with van der Waals surface area (Å²) in [6.45, 7) is 1.79. The number of aryl methyl sites for hydroxylation is 2. The van der Waals surface area contributed by atoms with Crippen molar-refractivity contribution in [2.45, 2.75) is 24.6 Å². The number of rotatable bonds is 5. The second-order valence-electron chi connectivity index (χ2n) is 4.86. The van der Waals surface area contributed by atoms with Crippen LogP contribution >= 0.6 is 15.9 Å². The van der Waals surface area contributed by atoms with Crippen LogP contribution in [0.25, 0.3) is 0 Å². The van der Waals surface area contributed by atoms with E-state index in [1.54, 1.807) is 14.0 Å². The number of benzene rings is 2. The van der Waals surface area contributed by atoms with E-state index in [1.807, 2.05) is 24.3 Å². The molecule has 1 atom stereocenters. The molecule has 106 valence electrons. The Labute approximate surface area is 127 Å². The van der Waals surface area contributed by atoms with Gasteiger partial charge in [0.25, 0.3) is 0 Å². The highest BCUT2D eigenvalue weighted by Gasteiger charge is 2.09. The van der Waals surface area contributed by atoms with Gasteiger partial charge in [-0.15, -0.1) is 0 Å². The van der Waals surface area contributed by atoms with Crippen molar-refractivity contribution in [1.29, 1.82) is 0 Å². The zero-order valence-electron chi connectivity index (χ0n) is 11.7. The molecular formula is C17H18BrFO. The van der Waals surface area contributed by atoms with Crippen LogP contribution in [0, 0.1) is 12.7 Å². The van der Waals surface area contributed by atoms with Gasteiger partial charge in [0.1, 0.15) is 11.6 Å². The monoisotopic (exact) mass is 336 g/mol. The molecule has 0 bridgehead atoms. The van der Waals surface area contributed by atoms with E-state index in [1.165, 1.54) is 11.6 Å². The van der Waals surface area contributed by atoms with Crippen molar-refractivity contribution in [2.24, 2.45) is 0 Å². The maximum absolute atomic E-state index is 13.3. The van der Waals surface area contributed by atoms with Crippen LogP contribution in [0.1, 0.15) is 27.9 Å². The number of ether oxygens (including phenoxy) is 1. The predicted molar refractivity (Wildman–Crippen MR) is 84.1 cm³/mol. The van der Waals surface area contributed by atoms with Crippen molar-refractivity contribution in [3.8, 4) is 5.75 Å². The summed E-state index contributed by atoms with van der Waals surface area (Å²) in [5.41, 5.74) is 3.09. The molecule has 20 heavy (non-hydrogen) atoms. The molecule has 0 heterocycles. The lowest BCUT2D eigenvalue weighted by molar-refractivity contribution is 0.414. The number of methoxy groups -OCH3 is 1. The van der Waals surface area contributed by atoms with Crippen LogP contribution in [0.3, 0.4) is 0 Å². The SMILES string of the molecule is COc1ccc(CCC(Br)c2ccc(F)c(C)c2)cc1. The Morgan fingerprint density at radius 3 is 2.45 bits per heavy atom. The van der Waals surface area contributed by atoms with Gasteiger partial charge in [0.15, 0.2) is 0 Å². The average molecular weight is 337 g/mol. The highest BCUT2D eigenvalue weighted by Crippen LogP contribution is 2.29. The first-order valence-electron chi connectivity index (χ1n) is 6.63. The van der Waals surface area contributed by atoms with Gasteiger partial charge in [-0.05, 0) is 54.7 Å². The van der Waals surface area contributed by atoms with Crippen LogP contribution in [0.4, 0.5) is 4.39 Å². The number of alkyl halides is 1. The van der Waals surface area contributed by atoms with E-state index >= 15 is 0 Å². The molecule has 0 saturated heterocycles. The van der Waals surface area contributed by atoms with Crippen LogP contribution in [0.2, 0.25) is 0 Å². The van der Waals surface area contributed by atoms with E-state index in [4.69, 9.17) is 4.74 Å². The third-order valence-electron chi connectivity index (χ3n) is 3.39. The van der Waals surface area contributed by atoms with Crippen molar-refractivity contribution in [2.75, 3.05) is 7.11 Å². The topological polar surface area (TPSA) is 9.23 Å². The van der Waals surface area contributed by atoms with Crippen molar-refractivity contribution in [3.63, 3.8) is 0 Å². The molecule has 0 fully saturated rings. The van der Waals surface area contributed by atoms with Crippen LogP contribution < -0.4 is 4.74 Å². The van der Waals surface area contributed by atoms with Gasteiger partial charge < -0.3 is 4.74 Å². The molecule has 3 heteroatoms. The van der Waals surface area contributed by atoms with E-state index in [2.05, 4.69) is 28.1 Å². The van der Waals surface area contributed by atoms with E-state index in [-0.39, 0.29) is 10.6 Å². The summed E-state index contributed by atoms with van der Waals surface area (Å²) in [5.74, 6) is 0.724. The van der Waals surface area contributed by atoms with Crippen molar-refractivity contribution >= 4 is 15.9 Å². The molecule has 0 radical (unpaired) electrons. The Bertz CT molecular complexity index is 566. The maximum atomic E-state index is 13.3. The molecule has 0 amide bonds. The zero-order valence-corrected chi connectivity index (χ0v) is 13.3. The quantitative estimate of drug-likeness (QED) is 0.681. The summed E-state index contributed by atoms with van der Waals surface area (Å²) < 4.78 is 18.4. The third kappa shape index (κ3) is 3.83. The van der Waals surface area contributed by atoms with Crippen LogP contribution in [0.5, 0.6) is 5.75 Å². The number of hydrogen-bond acceptors (Lipinski definition) is 1. The largest absolute Gasteiger partial charge is 0.497 e. The summed E-state index contributed by atoms with van der Waals surface area (Å²) in [7, 11) is 1.67. The summed E-state index contributed by atoms with van der Waals surface area (Å²) in [5, 5.41) is 0. The molecule has 2 aromatic rings. The molecule has 2 aromatic carbocycles. The lowest BCUT2D eigenvalue weighted by atomic mass is 10.0. The fourth-order valence-electron chi connectivity index (χ4n) is 2.11. The first-order valence-corrected chi connectivity index (χ1v) is 7.55. The molecule has 1 nitrogen and oxygen atoms in total. The molecule has 0 spiro atoms. The van der Waals surface area contributed by atoms with E-state index < -0.39 is 0 Å². The lowest BCUT2D eigenvalue weighted by Gasteiger charge is -2.11. The van der Waals surface area contributed by atoms with Gasteiger partial charge in [0, 0.05) is 4.83 Å². The Kier molecular flexibility index (Phi) is 5.18. The average Bonchev–Trinajstić information content (AvgIpc) is 2.48. The Hall–Kier alpha value is -1.35. The number of halogens is 2. The smallest absolute Gasteiger partial charge is 0.126 e.